The number of halogens is 1. The molecule has 0 spiro atoms. The Morgan fingerprint density at radius 1 is 1.39 bits per heavy atom. The molecule has 3 rings (SSSR count). The van der Waals surface area contributed by atoms with Crippen molar-refractivity contribution in [3.63, 3.8) is 0 Å². The molecule has 0 fully saturated rings. The standard InChI is InChI=1S/C19H23ClN6O2/c1-4-7-27-16-6-5-13(9-14(16)20)10-21-15(8-12(2)3)19-24-18(26-28-19)17-22-11-23-25-17/h4-6,9,11-12,15,21H,1,7-8,10H2,2-3H3,(H,22,23,25)/t15-/m0/s1. The van der Waals surface area contributed by atoms with Crippen LogP contribution in [0.1, 0.15) is 37.8 Å². The molecule has 0 aliphatic heterocycles. The Hall–Kier alpha value is -2.71. The molecule has 2 N–H and O–H groups in total. The largest absolute Gasteiger partial charge is 0.488 e. The lowest BCUT2D eigenvalue weighted by molar-refractivity contribution is 0.303. The predicted octanol–water partition coefficient (Wildman–Crippen LogP) is 3.95. The maximum absolute atomic E-state index is 6.30. The fourth-order valence-corrected chi connectivity index (χ4v) is 2.95. The summed E-state index contributed by atoms with van der Waals surface area (Å²) in [5.41, 5.74) is 1.03. The normalized spacial score (nSPS) is 12.3. The molecule has 0 radical (unpaired) electrons. The van der Waals surface area contributed by atoms with Crippen LogP contribution in [0.25, 0.3) is 11.6 Å². The van der Waals surface area contributed by atoms with Gasteiger partial charge in [0.25, 0.3) is 0 Å². The Kier molecular flexibility index (Phi) is 6.78. The number of hydrogen-bond donors (Lipinski definition) is 2. The molecule has 1 atom stereocenters. The number of nitrogens with one attached hydrogen (secondary N) is 2. The number of aromatic nitrogens is 5. The average Bonchev–Trinajstić information content (AvgIpc) is 3.35. The lowest BCUT2D eigenvalue weighted by Crippen LogP contribution is -2.23. The number of benzene rings is 1. The van der Waals surface area contributed by atoms with E-state index >= 15 is 0 Å². The van der Waals surface area contributed by atoms with Gasteiger partial charge in [-0.3, -0.25) is 5.10 Å². The van der Waals surface area contributed by atoms with Crippen LogP contribution in [0.2, 0.25) is 5.02 Å². The molecular weight excluding hydrogens is 380 g/mol. The van der Waals surface area contributed by atoms with Gasteiger partial charge in [-0.1, -0.05) is 49.3 Å². The average molecular weight is 403 g/mol. The summed E-state index contributed by atoms with van der Waals surface area (Å²) in [6, 6.07) is 5.61. The molecule has 28 heavy (non-hydrogen) atoms. The fraction of sp³-hybridized carbons (Fsp3) is 0.368. The molecule has 0 amide bonds. The summed E-state index contributed by atoms with van der Waals surface area (Å²) in [6.07, 6.45) is 3.92. The monoisotopic (exact) mass is 402 g/mol. The van der Waals surface area contributed by atoms with Gasteiger partial charge in [0.1, 0.15) is 18.7 Å². The maximum atomic E-state index is 6.30. The molecule has 0 unspecified atom stereocenters. The van der Waals surface area contributed by atoms with Crippen molar-refractivity contribution in [2.75, 3.05) is 6.61 Å². The first-order chi connectivity index (χ1) is 13.6. The molecule has 9 heteroatoms. The third-order valence-electron chi connectivity index (χ3n) is 3.98. The summed E-state index contributed by atoms with van der Waals surface area (Å²) in [4.78, 5) is 8.50. The van der Waals surface area contributed by atoms with Crippen molar-refractivity contribution in [2.45, 2.75) is 32.9 Å². The third-order valence-corrected chi connectivity index (χ3v) is 4.27. The second-order valence-corrected chi connectivity index (χ2v) is 7.12. The SMILES string of the molecule is C=CCOc1ccc(CN[C@@H](CC(C)C)c2nc(-c3ncn[nH]3)no2)cc1Cl. The number of aromatic amines is 1. The summed E-state index contributed by atoms with van der Waals surface area (Å²) in [5, 5.41) is 14.6. The van der Waals surface area contributed by atoms with Gasteiger partial charge in [-0.2, -0.15) is 10.1 Å². The highest BCUT2D eigenvalue weighted by Crippen LogP contribution is 2.27. The molecular formula is C19H23ClN6O2. The predicted molar refractivity (Wildman–Crippen MR) is 106 cm³/mol. The van der Waals surface area contributed by atoms with Crippen molar-refractivity contribution in [1.82, 2.24) is 30.6 Å². The Morgan fingerprint density at radius 2 is 2.25 bits per heavy atom. The Labute approximate surface area is 168 Å². The zero-order valence-electron chi connectivity index (χ0n) is 15.9. The zero-order chi connectivity index (χ0) is 19.9. The van der Waals surface area contributed by atoms with Gasteiger partial charge in [-0.25, -0.2) is 4.98 Å². The second kappa shape index (κ2) is 9.48. The van der Waals surface area contributed by atoms with Gasteiger partial charge in [0.2, 0.25) is 11.7 Å². The molecule has 0 aliphatic carbocycles. The van der Waals surface area contributed by atoms with E-state index < -0.39 is 0 Å². The summed E-state index contributed by atoms with van der Waals surface area (Å²) in [6.45, 7) is 8.93. The first kappa shape index (κ1) is 20.0. The fourth-order valence-electron chi connectivity index (χ4n) is 2.69. The van der Waals surface area contributed by atoms with E-state index in [1.165, 1.54) is 6.33 Å². The van der Waals surface area contributed by atoms with Crippen molar-refractivity contribution in [3.05, 3.63) is 53.7 Å². The quantitative estimate of drug-likeness (QED) is 0.495. The lowest BCUT2D eigenvalue weighted by atomic mass is 10.0. The van der Waals surface area contributed by atoms with Crippen LogP contribution in [-0.2, 0) is 6.54 Å². The highest BCUT2D eigenvalue weighted by molar-refractivity contribution is 6.32. The van der Waals surface area contributed by atoms with Crippen molar-refractivity contribution in [2.24, 2.45) is 5.92 Å². The van der Waals surface area contributed by atoms with Crippen LogP contribution < -0.4 is 10.1 Å². The summed E-state index contributed by atoms with van der Waals surface area (Å²) in [5.74, 6) is 2.45. The summed E-state index contributed by atoms with van der Waals surface area (Å²) in [7, 11) is 0. The van der Waals surface area contributed by atoms with E-state index in [1.807, 2.05) is 18.2 Å². The minimum atomic E-state index is -0.0976. The van der Waals surface area contributed by atoms with Gasteiger partial charge in [0.15, 0.2) is 5.82 Å². The van der Waals surface area contributed by atoms with Crippen molar-refractivity contribution in [1.29, 1.82) is 0 Å². The van der Waals surface area contributed by atoms with E-state index in [0.717, 1.165) is 12.0 Å². The smallest absolute Gasteiger partial charge is 0.244 e. The van der Waals surface area contributed by atoms with Crippen LogP contribution in [-0.4, -0.2) is 31.9 Å². The maximum Gasteiger partial charge on any atom is 0.244 e. The van der Waals surface area contributed by atoms with Crippen LogP contribution >= 0.6 is 11.6 Å². The first-order valence-corrected chi connectivity index (χ1v) is 9.39. The number of nitrogens with zero attached hydrogens (tertiary/aromatic N) is 4. The first-order valence-electron chi connectivity index (χ1n) is 9.01. The molecule has 2 heterocycles. The molecule has 1 aromatic carbocycles. The molecule has 0 aliphatic rings. The van der Waals surface area contributed by atoms with E-state index in [1.54, 1.807) is 6.08 Å². The van der Waals surface area contributed by atoms with Crippen LogP contribution in [0.3, 0.4) is 0 Å². The molecule has 148 valence electrons. The van der Waals surface area contributed by atoms with Gasteiger partial charge in [0, 0.05) is 6.54 Å². The van der Waals surface area contributed by atoms with E-state index in [-0.39, 0.29) is 6.04 Å². The van der Waals surface area contributed by atoms with E-state index in [2.05, 4.69) is 51.1 Å². The highest BCUT2D eigenvalue weighted by atomic mass is 35.5. The van der Waals surface area contributed by atoms with Crippen LogP contribution in [0.4, 0.5) is 0 Å². The van der Waals surface area contributed by atoms with E-state index in [4.69, 9.17) is 20.9 Å². The molecule has 0 saturated carbocycles. The molecule has 0 saturated heterocycles. The topological polar surface area (TPSA) is 102 Å². The number of H-pyrrole nitrogens is 1. The van der Waals surface area contributed by atoms with Crippen molar-refractivity contribution in [3.8, 4) is 17.4 Å². The van der Waals surface area contributed by atoms with Crippen LogP contribution in [0, 0.1) is 5.92 Å². The number of rotatable bonds is 10. The highest BCUT2D eigenvalue weighted by Gasteiger charge is 2.21. The lowest BCUT2D eigenvalue weighted by Gasteiger charge is -2.17. The minimum absolute atomic E-state index is 0.0976. The zero-order valence-corrected chi connectivity index (χ0v) is 16.6. The van der Waals surface area contributed by atoms with Crippen LogP contribution in [0.15, 0.2) is 41.7 Å². The second-order valence-electron chi connectivity index (χ2n) is 6.72. The number of hydrogen-bond acceptors (Lipinski definition) is 7. The van der Waals surface area contributed by atoms with E-state index in [9.17, 15) is 0 Å². The van der Waals surface area contributed by atoms with Gasteiger partial charge < -0.3 is 14.6 Å². The van der Waals surface area contributed by atoms with Gasteiger partial charge in [-0.15, -0.1) is 0 Å². The minimum Gasteiger partial charge on any atom is -0.488 e. The van der Waals surface area contributed by atoms with Gasteiger partial charge in [0.05, 0.1) is 11.1 Å². The Morgan fingerprint density at radius 3 is 2.93 bits per heavy atom. The van der Waals surface area contributed by atoms with Crippen molar-refractivity contribution < 1.29 is 9.26 Å². The Balaban J connectivity index is 1.69. The van der Waals surface area contributed by atoms with E-state index in [0.29, 0.717) is 47.4 Å². The third kappa shape index (κ3) is 5.17. The summed E-state index contributed by atoms with van der Waals surface area (Å²) < 4.78 is 11.0. The van der Waals surface area contributed by atoms with Crippen LogP contribution in [0.5, 0.6) is 5.75 Å². The molecule has 2 aromatic heterocycles. The summed E-state index contributed by atoms with van der Waals surface area (Å²) >= 11 is 6.30. The molecule has 3 aromatic rings. The molecule has 8 nitrogen and oxygen atoms in total. The Bertz CT molecular complexity index is 894. The van der Waals surface area contributed by atoms with Gasteiger partial charge >= 0.3 is 0 Å². The van der Waals surface area contributed by atoms with Crippen molar-refractivity contribution >= 4 is 11.6 Å². The number of ether oxygens (including phenoxy) is 1. The van der Waals surface area contributed by atoms with Gasteiger partial charge in [-0.05, 0) is 30.0 Å². The molecule has 0 bridgehead atoms.